The number of benzene rings is 2. The molecule has 6 heteroatoms. The van der Waals surface area contributed by atoms with Crippen LogP contribution in [0.3, 0.4) is 0 Å². The van der Waals surface area contributed by atoms with Crippen molar-refractivity contribution in [2.45, 2.75) is 38.6 Å². The van der Waals surface area contributed by atoms with Gasteiger partial charge in [-0.1, -0.05) is 45.0 Å². The van der Waals surface area contributed by atoms with Gasteiger partial charge in [0.15, 0.2) is 0 Å². The van der Waals surface area contributed by atoms with Crippen LogP contribution in [0.15, 0.2) is 42.5 Å². The summed E-state index contributed by atoms with van der Waals surface area (Å²) in [5, 5.41) is 19.1. The highest BCUT2D eigenvalue weighted by molar-refractivity contribution is 5.78. The minimum atomic E-state index is -0.566. The van der Waals surface area contributed by atoms with Crippen molar-refractivity contribution >= 4 is 17.0 Å². The lowest BCUT2D eigenvalue weighted by molar-refractivity contribution is -0.142. The fourth-order valence-corrected chi connectivity index (χ4v) is 2.98. The fourth-order valence-electron chi connectivity index (χ4n) is 2.98. The van der Waals surface area contributed by atoms with E-state index in [4.69, 9.17) is 4.74 Å². The van der Waals surface area contributed by atoms with Crippen LogP contribution >= 0.6 is 0 Å². The Morgan fingerprint density at radius 3 is 2.31 bits per heavy atom. The SMILES string of the molecule is COC(=O)C(Cn1nc2ccccc2n1)c1ccc(O)c(C(C)(C)C)c1. The van der Waals surface area contributed by atoms with E-state index in [0.717, 1.165) is 22.2 Å². The Balaban J connectivity index is 2.00. The molecule has 2 aromatic carbocycles. The summed E-state index contributed by atoms with van der Waals surface area (Å²) in [5.74, 6) is -0.715. The predicted octanol–water partition coefficient (Wildman–Crippen LogP) is 3.39. The molecule has 1 aromatic heterocycles. The first-order valence-corrected chi connectivity index (χ1v) is 8.50. The molecule has 1 unspecified atom stereocenters. The minimum absolute atomic E-state index is 0.216. The molecule has 0 bridgehead atoms. The summed E-state index contributed by atoms with van der Waals surface area (Å²) in [6.07, 6.45) is 0. The third-order valence-corrected chi connectivity index (χ3v) is 4.39. The number of hydrogen-bond acceptors (Lipinski definition) is 5. The lowest BCUT2D eigenvalue weighted by Crippen LogP contribution is -2.22. The van der Waals surface area contributed by atoms with Gasteiger partial charge in [0, 0.05) is 0 Å². The summed E-state index contributed by atoms with van der Waals surface area (Å²) in [7, 11) is 1.37. The molecule has 6 nitrogen and oxygen atoms in total. The van der Waals surface area contributed by atoms with Crippen molar-refractivity contribution in [1.82, 2.24) is 15.0 Å². The van der Waals surface area contributed by atoms with Gasteiger partial charge in [0.2, 0.25) is 0 Å². The zero-order chi connectivity index (χ0) is 18.9. The number of methoxy groups -OCH3 is 1. The number of carbonyl (C=O) groups is 1. The summed E-state index contributed by atoms with van der Waals surface area (Å²) >= 11 is 0. The van der Waals surface area contributed by atoms with Crippen LogP contribution in [0.25, 0.3) is 11.0 Å². The number of nitrogens with zero attached hydrogens (tertiary/aromatic N) is 3. The molecule has 0 radical (unpaired) electrons. The van der Waals surface area contributed by atoms with Gasteiger partial charge in [-0.15, -0.1) is 0 Å². The summed E-state index contributed by atoms with van der Waals surface area (Å²) in [6.45, 7) is 6.30. The van der Waals surface area contributed by atoms with Gasteiger partial charge in [0.05, 0.1) is 13.7 Å². The predicted molar refractivity (Wildman–Crippen MR) is 99.1 cm³/mol. The fraction of sp³-hybridized carbons (Fsp3) is 0.350. The molecule has 0 aliphatic carbocycles. The molecule has 0 aliphatic rings. The second-order valence-corrected chi connectivity index (χ2v) is 7.35. The number of ether oxygens (including phenoxy) is 1. The first kappa shape index (κ1) is 17.9. The smallest absolute Gasteiger partial charge is 0.315 e. The topological polar surface area (TPSA) is 77.2 Å². The molecule has 1 heterocycles. The third kappa shape index (κ3) is 3.54. The summed E-state index contributed by atoms with van der Waals surface area (Å²) in [5.41, 5.74) is 2.84. The lowest BCUT2D eigenvalue weighted by atomic mass is 9.83. The van der Waals surface area contributed by atoms with Crippen LogP contribution in [0.4, 0.5) is 0 Å². The van der Waals surface area contributed by atoms with Gasteiger partial charge < -0.3 is 9.84 Å². The van der Waals surface area contributed by atoms with Crippen molar-refractivity contribution in [3.05, 3.63) is 53.6 Å². The molecule has 3 rings (SSSR count). The average molecular weight is 353 g/mol. The van der Waals surface area contributed by atoms with E-state index >= 15 is 0 Å². The molecule has 26 heavy (non-hydrogen) atoms. The van der Waals surface area contributed by atoms with Crippen LogP contribution in [0.2, 0.25) is 0 Å². The van der Waals surface area contributed by atoms with E-state index in [1.54, 1.807) is 12.1 Å². The Bertz CT molecular complexity index is 908. The van der Waals surface area contributed by atoms with Crippen LogP contribution in [-0.2, 0) is 21.5 Å². The maximum Gasteiger partial charge on any atom is 0.315 e. The average Bonchev–Trinajstić information content (AvgIpc) is 3.01. The quantitative estimate of drug-likeness (QED) is 0.728. The molecule has 3 aromatic rings. The van der Waals surface area contributed by atoms with Gasteiger partial charge in [0.1, 0.15) is 22.7 Å². The van der Waals surface area contributed by atoms with Gasteiger partial charge >= 0.3 is 5.97 Å². The minimum Gasteiger partial charge on any atom is -0.508 e. The van der Waals surface area contributed by atoms with Gasteiger partial charge in [-0.2, -0.15) is 15.0 Å². The van der Waals surface area contributed by atoms with Crippen molar-refractivity contribution in [3.63, 3.8) is 0 Å². The van der Waals surface area contributed by atoms with Crippen LogP contribution in [0.5, 0.6) is 5.75 Å². The van der Waals surface area contributed by atoms with Crippen LogP contribution < -0.4 is 0 Å². The second-order valence-electron chi connectivity index (χ2n) is 7.35. The van der Waals surface area contributed by atoms with E-state index in [1.165, 1.54) is 11.9 Å². The van der Waals surface area contributed by atoms with Crippen molar-refractivity contribution in [2.75, 3.05) is 7.11 Å². The first-order valence-electron chi connectivity index (χ1n) is 8.50. The van der Waals surface area contributed by atoms with E-state index in [0.29, 0.717) is 0 Å². The first-order chi connectivity index (χ1) is 12.3. The maximum absolute atomic E-state index is 12.4. The normalized spacial score (nSPS) is 12.9. The van der Waals surface area contributed by atoms with E-state index < -0.39 is 5.92 Å². The summed E-state index contributed by atoms with van der Waals surface area (Å²) in [4.78, 5) is 13.9. The number of esters is 1. The van der Waals surface area contributed by atoms with Gasteiger partial charge in [0.25, 0.3) is 0 Å². The Morgan fingerprint density at radius 2 is 1.77 bits per heavy atom. The molecular weight excluding hydrogens is 330 g/mol. The van der Waals surface area contributed by atoms with Crippen LogP contribution in [0.1, 0.15) is 37.8 Å². The Labute approximate surface area is 152 Å². The second kappa shape index (κ2) is 6.78. The molecular formula is C20H23N3O3. The zero-order valence-corrected chi connectivity index (χ0v) is 15.4. The van der Waals surface area contributed by atoms with Crippen molar-refractivity contribution in [1.29, 1.82) is 0 Å². The van der Waals surface area contributed by atoms with Crippen molar-refractivity contribution < 1.29 is 14.6 Å². The number of phenols is 1. The van der Waals surface area contributed by atoms with E-state index in [-0.39, 0.29) is 23.7 Å². The largest absolute Gasteiger partial charge is 0.508 e. The van der Waals surface area contributed by atoms with E-state index in [9.17, 15) is 9.90 Å². The Morgan fingerprint density at radius 1 is 1.15 bits per heavy atom. The number of rotatable bonds is 4. The molecule has 0 aliphatic heterocycles. The van der Waals surface area contributed by atoms with Gasteiger partial charge in [-0.3, -0.25) is 4.79 Å². The monoisotopic (exact) mass is 353 g/mol. The van der Waals surface area contributed by atoms with E-state index in [1.807, 2.05) is 51.1 Å². The molecule has 136 valence electrons. The number of aromatic nitrogens is 3. The molecule has 0 amide bonds. The van der Waals surface area contributed by atoms with Crippen LogP contribution in [0, 0.1) is 0 Å². The number of carbonyl (C=O) groups excluding carboxylic acids is 1. The van der Waals surface area contributed by atoms with Crippen molar-refractivity contribution in [3.8, 4) is 5.75 Å². The number of phenolic OH excluding ortho intramolecular Hbond substituents is 1. The highest BCUT2D eigenvalue weighted by Crippen LogP contribution is 2.33. The number of aromatic hydroxyl groups is 1. The van der Waals surface area contributed by atoms with Crippen molar-refractivity contribution in [2.24, 2.45) is 0 Å². The standard InChI is InChI=1S/C20H23N3O3/c1-20(2,3)15-11-13(9-10-18(15)24)14(19(25)26-4)12-23-21-16-7-5-6-8-17(16)22-23/h5-11,14,24H,12H2,1-4H3. The van der Waals surface area contributed by atoms with E-state index in [2.05, 4.69) is 10.2 Å². The van der Waals surface area contributed by atoms with Crippen LogP contribution in [-0.4, -0.2) is 33.2 Å². The maximum atomic E-state index is 12.4. The number of hydrogen-bond donors (Lipinski definition) is 1. The molecule has 0 fully saturated rings. The lowest BCUT2D eigenvalue weighted by Gasteiger charge is -2.23. The molecule has 1 atom stereocenters. The molecule has 1 N–H and O–H groups in total. The molecule has 0 spiro atoms. The zero-order valence-electron chi connectivity index (χ0n) is 15.4. The highest BCUT2D eigenvalue weighted by atomic mass is 16.5. The molecule has 0 saturated heterocycles. The highest BCUT2D eigenvalue weighted by Gasteiger charge is 2.26. The van der Waals surface area contributed by atoms with Gasteiger partial charge in [-0.05, 0) is 34.7 Å². The Kier molecular flexibility index (Phi) is 4.68. The molecule has 0 saturated carbocycles. The Hall–Kier alpha value is -2.89. The third-order valence-electron chi connectivity index (χ3n) is 4.39. The van der Waals surface area contributed by atoms with Gasteiger partial charge in [-0.25, -0.2) is 0 Å². The summed E-state index contributed by atoms with van der Waals surface area (Å²) < 4.78 is 5.00. The number of fused-ring (bicyclic) bond motifs is 1. The summed E-state index contributed by atoms with van der Waals surface area (Å²) in [6, 6.07) is 12.8.